The predicted molar refractivity (Wildman–Crippen MR) is 87.4 cm³/mol. The molecular formula is C16H32N2O2S. The summed E-state index contributed by atoms with van der Waals surface area (Å²) in [5.41, 5.74) is 3.37. The van der Waals surface area contributed by atoms with Crippen molar-refractivity contribution in [3.8, 4) is 0 Å². The number of nitrogens with two attached hydrogens (primary N) is 1. The van der Waals surface area contributed by atoms with Crippen molar-refractivity contribution < 1.29 is 8.42 Å². The monoisotopic (exact) mass is 316 g/mol. The molecule has 4 nitrogen and oxygen atoms in total. The zero-order chi connectivity index (χ0) is 15.7. The van der Waals surface area contributed by atoms with Crippen LogP contribution in [-0.2, 0) is 9.84 Å². The minimum absolute atomic E-state index is 0.168. The first-order chi connectivity index (χ1) is 9.75. The number of sulfone groups is 1. The van der Waals surface area contributed by atoms with E-state index in [1.807, 2.05) is 0 Å². The second-order valence-electron chi connectivity index (χ2n) is 7.91. The van der Waals surface area contributed by atoms with Crippen molar-refractivity contribution in [2.24, 2.45) is 23.1 Å². The lowest BCUT2D eigenvalue weighted by Crippen LogP contribution is -2.53. The van der Waals surface area contributed by atoms with Gasteiger partial charge < -0.3 is 0 Å². The quantitative estimate of drug-likeness (QED) is 0.618. The van der Waals surface area contributed by atoms with Crippen molar-refractivity contribution in [2.45, 2.75) is 76.5 Å². The first-order valence-electron chi connectivity index (χ1n) is 8.40. The Morgan fingerprint density at radius 1 is 1.14 bits per heavy atom. The van der Waals surface area contributed by atoms with Crippen LogP contribution < -0.4 is 11.3 Å². The van der Waals surface area contributed by atoms with E-state index in [9.17, 15) is 8.42 Å². The van der Waals surface area contributed by atoms with Crippen LogP contribution in [0.15, 0.2) is 0 Å². The molecular weight excluding hydrogens is 284 g/mol. The van der Waals surface area contributed by atoms with Gasteiger partial charge in [0.05, 0.1) is 5.25 Å². The summed E-state index contributed by atoms with van der Waals surface area (Å²) < 4.78 is 23.8. The zero-order valence-electron chi connectivity index (χ0n) is 13.8. The van der Waals surface area contributed by atoms with Crippen molar-refractivity contribution >= 4 is 9.84 Å². The Morgan fingerprint density at radius 3 is 2.43 bits per heavy atom. The van der Waals surface area contributed by atoms with E-state index in [-0.39, 0.29) is 11.3 Å². The smallest absolute Gasteiger partial charge is 0.150 e. The van der Waals surface area contributed by atoms with Gasteiger partial charge in [0.25, 0.3) is 0 Å². The fraction of sp³-hybridized carbons (Fsp3) is 1.00. The molecule has 21 heavy (non-hydrogen) atoms. The molecule has 0 saturated heterocycles. The molecule has 0 radical (unpaired) electrons. The Hall–Kier alpha value is -0.130. The number of hydrazine groups is 1. The minimum Gasteiger partial charge on any atom is -0.271 e. The molecule has 5 heteroatoms. The number of rotatable bonds is 4. The molecule has 2 aliphatic carbocycles. The van der Waals surface area contributed by atoms with Gasteiger partial charge >= 0.3 is 0 Å². The van der Waals surface area contributed by atoms with Crippen LogP contribution in [0, 0.1) is 17.3 Å². The van der Waals surface area contributed by atoms with Crippen LogP contribution in [0.1, 0.15) is 65.2 Å². The molecule has 124 valence electrons. The molecule has 0 aromatic carbocycles. The summed E-state index contributed by atoms with van der Waals surface area (Å²) in [5, 5.41) is -0.168. The van der Waals surface area contributed by atoms with Gasteiger partial charge in [0.2, 0.25) is 0 Å². The van der Waals surface area contributed by atoms with Crippen molar-refractivity contribution in [1.82, 2.24) is 5.43 Å². The van der Waals surface area contributed by atoms with E-state index in [0.29, 0.717) is 17.3 Å². The van der Waals surface area contributed by atoms with E-state index in [1.54, 1.807) is 0 Å². The standard InChI is InChI=1S/C16H32N2O2S/c1-16(2)10-5-4-9-14(16)15(18-17)12-7-6-8-13(11-12)21(3,19)20/h12-15,18H,4-11,17H2,1-3H3. The largest absolute Gasteiger partial charge is 0.271 e. The molecule has 0 aliphatic heterocycles. The van der Waals surface area contributed by atoms with Crippen LogP contribution in [0.25, 0.3) is 0 Å². The highest BCUT2D eigenvalue weighted by Crippen LogP contribution is 2.46. The van der Waals surface area contributed by atoms with E-state index >= 15 is 0 Å². The number of hydrogen-bond acceptors (Lipinski definition) is 4. The summed E-state index contributed by atoms with van der Waals surface area (Å²) in [7, 11) is -2.93. The van der Waals surface area contributed by atoms with E-state index in [4.69, 9.17) is 5.84 Å². The van der Waals surface area contributed by atoms with Gasteiger partial charge in [0, 0.05) is 12.3 Å². The van der Waals surface area contributed by atoms with Crippen LogP contribution >= 0.6 is 0 Å². The van der Waals surface area contributed by atoms with Crippen LogP contribution in [0.4, 0.5) is 0 Å². The van der Waals surface area contributed by atoms with E-state index in [2.05, 4.69) is 19.3 Å². The second kappa shape index (κ2) is 6.55. The molecule has 2 fully saturated rings. The topological polar surface area (TPSA) is 72.2 Å². The van der Waals surface area contributed by atoms with Gasteiger partial charge in [-0.15, -0.1) is 0 Å². The molecule has 2 aliphatic rings. The summed E-state index contributed by atoms with van der Waals surface area (Å²) >= 11 is 0. The Labute approximate surface area is 130 Å². The average molecular weight is 317 g/mol. The molecule has 2 rings (SSSR count). The maximum Gasteiger partial charge on any atom is 0.150 e. The van der Waals surface area contributed by atoms with Crippen LogP contribution in [0.5, 0.6) is 0 Å². The van der Waals surface area contributed by atoms with Crippen LogP contribution in [0.2, 0.25) is 0 Å². The third kappa shape index (κ3) is 3.99. The molecule has 0 aromatic heterocycles. The van der Waals surface area contributed by atoms with E-state index < -0.39 is 9.84 Å². The molecule has 0 spiro atoms. The van der Waals surface area contributed by atoms with Crippen LogP contribution in [0.3, 0.4) is 0 Å². The van der Waals surface area contributed by atoms with Gasteiger partial charge in [0.1, 0.15) is 9.84 Å². The SMILES string of the molecule is CC1(C)CCCCC1C(NN)C1CCCC(S(C)(=O)=O)C1. The Balaban J connectivity index is 2.13. The molecule has 0 heterocycles. The number of nitrogens with one attached hydrogen (secondary N) is 1. The van der Waals surface area contributed by atoms with Gasteiger partial charge in [-0.2, -0.15) is 0 Å². The maximum absolute atomic E-state index is 11.9. The first kappa shape index (κ1) is 17.2. The predicted octanol–water partition coefficient (Wildman–Crippen LogP) is 2.64. The molecule has 4 unspecified atom stereocenters. The second-order valence-corrected chi connectivity index (χ2v) is 10.2. The average Bonchev–Trinajstić information content (AvgIpc) is 2.41. The molecule has 0 aromatic rings. The Kier molecular flexibility index (Phi) is 5.37. The van der Waals surface area contributed by atoms with Crippen molar-refractivity contribution in [3.05, 3.63) is 0 Å². The van der Waals surface area contributed by atoms with Gasteiger partial charge in [-0.3, -0.25) is 11.3 Å². The van der Waals surface area contributed by atoms with E-state index in [1.165, 1.54) is 31.9 Å². The lowest BCUT2D eigenvalue weighted by Gasteiger charge is -2.47. The van der Waals surface area contributed by atoms with Gasteiger partial charge in [0.15, 0.2) is 0 Å². The fourth-order valence-corrected chi connectivity index (χ4v) is 5.86. The molecule has 0 amide bonds. The summed E-state index contributed by atoms with van der Waals surface area (Å²) in [4.78, 5) is 0. The third-order valence-electron chi connectivity index (χ3n) is 6.00. The summed E-state index contributed by atoms with van der Waals surface area (Å²) in [6.07, 6.45) is 10.1. The fourth-order valence-electron chi connectivity index (χ4n) is 4.66. The van der Waals surface area contributed by atoms with Gasteiger partial charge in [-0.1, -0.05) is 33.1 Å². The highest BCUT2D eigenvalue weighted by molar-refractivity contribution is 7.91. The van der Waals surface area contributed by atoms with Gasteiger partial charge in [-0.25, -0.2) is 8.42 Å². The maximum atomic E-state index is 11.9. The summed E-state index contributed by atoms with van der Waals surface area (Å²) in [6.45, 7) is 4.69. The lowest BCUT2D eigenvalue weighted by atomic mass is 9.62. The molecule has 0 bridgehead atoms. The van der Waals surface area contributed by atoms with Crippen molar-refractivity contribution in [3.63, 3.8) is 0 Å². The minimum atomic E-state index is -2.93. The molecule has 4 atom stereocenters. The van der Waals surface area contributed by atoms with Gasteiger partial charge in [-0.05, 0) is 49.4 Å². The highest BCUT2D eigenvalue weighted by Gasteiger charge is 2.42. The van der Waals surface area contributed by atoms with Crippen molar-refractivity contribution in [2.75, 3.05) is 6.26 Å². The number of hydrogen-bond donors (Lipinski definition) is 2. The lowest BCUT2D eigenvalue weighted by molar-refractivity contribution is 0.0632. The molecule has 3 N–H and O–H groups in total. The van der Waals surface area contributed by atoms with Crippen molar-refractivity contribution in [1.29, 1.82) is 0 Å². The first-order valence-corrected chi connectivity index (χ1v) is 10.4. The summed E-state index contributed by atoms with van der Waals surface area (Å²) in [5.74, 6) is 6.86. The Morgan fingerprint density at radius 2 is 1.86 bits per heavy atom. The normalized spacial score (nSPS) is 35.3. The molecule has 2 saturated carbocycles. The summed E-state index contributed by atoms with van der Waals surface area (Å²) in [6, 6.07) is 0.254. The third-order valence-corrected chi connectivity index (χ3v) is 7.64. The Bertz CT molecular complexity index is 447. The highest BCUT2D eigenvalue weighted by atomic mass is 32.2. The van der Waals surface area contributed by atoms with E-state index in [0.717, 1.165) is 25.7 Å². The van der Waals surface area contributed by atoms with Crippen LogP contribution in [-0.4, -0.2) is 26.0 Å². The zero-order valence-corrected chi connectivity index (χ0v) is 14.6.